The Morgan fingerprint density at radius 2 is 2.58 bits per heavy atom. The van der Waals surface area contributed by atoms with Gasteiger partial charge in [0.25, 0.3) is 0 Å². The maximum atomic E-state index is 4.20. The average molecular weight is 182 g/mol. The van der Waals surface area contributed by atoms with Gasteiger partial charge in [-0.3, -0.25) is 0 Å². The van der Waals surface area contributed by atoms with Crippen molar-refractivity contribution in [1.29, 1.82) is 0 Å². The predicted octanol–water partition coefficient (Wildman–Crippen LogP) is 2.29. The summed E-state index contributed by atoms with van der Waals surface area (Å²) in [6, 6.07) is 0.385. The van der Waals surface area contributed by atoms with Gasteiger partial charge >= 0.3 is 0 Å². The maximum absolute atomic E-state index is 4.20. The van der Waals surface area contributed by atoms with Crippen LogP contribution in [0.1, 0.15) is 23.5 Å². The zero-order chi connectivity index (χ0) is 8.97. The Morgan fingerprint density at radius 1 is 1.83 bits per heavy atom. The number of rotatable bonds is 4. The molecule has 0 aromatic carbocycles. The summed E-state index contributed by atoms with van der Waals surface area (Å²) >= 11 is 1.70. The van der Waals surface area contributed by atoms with E-state index in [1.54, 1.807) is 11.3 Å². The minimum Gasteiger partial charge on any atom is -0.306 e. The van der Waals surface area contributed by atoms with Crippen molar-refractivity contribution in [2.75, 3.05) is 6.54 Å². The first kappa shape index (κ1) is 9.42. The van der Waals surface area contributed by atoms with Crippen molar-refractivity contribution < 1.29 is 0 Å². The third-order valence-electron chi connectivity index (χ3n) is 1.74. The molecule has 0 aliphatic rings. The highest BCUT2D eigenvalue weighted by Crippen LogP contribution is 2.20. The summed E-state index contributed by atoms with van der Waals surface area (Å²) in [6.45, 7) is 8.69. The van der Waals surface area contributed by atoms with E-state index in [4.69, 9.17) is 0 Å². The van der Waals surface area contributed by atoms with Gasteiger partial charge in [-0.15, -0.1) is 17.9 Å². The molecule has 1 aromatic heterocycles. The van der Waals surface area contributed by atoms with Crippen molar-refractivity contribution in [3.05, 3.63) is 28.7 Å². The summed E-state index contributed by atoms with van der Waals surface area (Å²) in [6.07, 6.45) is 1.87. The minimum absolute atomic E-state index is 0.385. The predicted molar refractivity (Wildman–Crippen MR) is 53.5 cm³/mol. The topological polar surface area (TPSA) is 24.9 Å². The Bertz CT molecular complexity index is 255. The minimum atomic E-state index is 0.385. The molecule has 1 heterocycles. The van der Waals surface area contributed by atoms with Gasteiger partial charge in [0.2, 0.25) is 0 Å². The smallest absolute Gasteiger partial charge is 0.0798 e. The van der Waals surface area contributed by atoms with E-state index in [1.165, 1.54) is 4.88 Å². The molecule has 2 nitrogen and oxygen atoms in total. The molecule has 0 bridgehead atoms. The molecule has 1 aromatic rings. The third-order valence-corrected chi connectivity index (χ3v) is 2.86. The molecule has 0 aliphatic heterocycles. The molecule has 0 aliphatic carbocycles. The average Bonchev–Trinajstić information content (AvgIpc) is 2.47. The molecule has 1 N–H and O–H groups in total. The zero-order valence-electron chi connectivity index (χ0n) is 7.50. The summed E-state index contributed by atoms with van der Waals surface area (Å²) in [4.78, 5) is 5.51. The van der Waals surface area contributed by atoms with Gasteiger partial charge in [0.05, 0.1) is 11.2 Å². The van der Waals surface area contributed by atoms with Crippen LogP contribution >= 0.6 is 11.3 Å². The molecule has 0 saturated carbocycles. The van der Waals surface area contributed by atoms with Gasteiger partial charge in [-0.05, 0) is 13.8 Å². The van der Waals surface area contributed by atoms with E-state index in [2.05, 4.69) is 23.8 Å². The van der Waals surface area contributed by atoms with Crippen molar-refractivity contribution in [2.45, 2.75) is 19.9 Å². The molecule has 0 spiro atoms. The van der Waals surface area contributed by atoms with Crippen LogP contribution in [0, 0.1) is 6.92 Å². The second kappa shape index (κ2) is 4.38. The number of hydrogen-bond donors (Lipinski definition) is 1. The molecule has 12 heavy (non-hydrogen) atoms. The van der Waals surface area contributed by atoms with Crippen molar-refractivity contribution >= 4 is 11.3 Å². The zero-order valence-corrected chi connectivity index (χ0v) is 8.32. The van der Waals surface area contributed by atoms with Crippen LogP contribution in [0.2, 0.25) is 0 Å². The second-order valence-corrected chi connectivity index (χ2v) is 3.61. The van der Waals surface area contributed by atoms with Crippen LogP contribution in [0.15, 0.2) is 18.2 Å². The third kappa shape index (κ3) is 2.16. The Hall–Kier alpha value is -0.670. The van der Waals surface area contributed by atoms with Crippen molar-refractivity contribution in [3.8, 4) is 0 Å². The molecule has 66 valence electrons. The molecule has 0 saturated heterocycles. The lowest BCUT2D eigenvalue weighted by atomic mass is 10.2. The summed E-state index contributed by atoms with van der Waals surface area (Å²) in [5.74, 6) is 0. The molecule has 1 unspecified atom stereocenters. The monoisotopic (exact) mass is 182 g/mol. The molecule has 0 amide bonds. The van der Waals surface area contributed by atoms with Crippen LogP contribution in [0.4, 0.5) is 0 Å². The first-order valence-corrected chi connectivity index (χ1v) is 4.88. The standard InChI is InChI=1S/C9H14N2S/c1-4-5-10-7(2)9-8(3)11-6-12-9/h4,6-7,10H,1,5H2,2-3H3. The highest BCUT2D eigenvalue weighted by Gasteiger charge is 2.08. The van der Waals surface area contributed by atoms with E-state index in [0.717, 1.165) is 12.2 Å². The normalized spacial score (nSPS) is 12.8. The van der Waals surface area contributed by atoms with Crippen molar-refractivity contribution in [2.24, 2.45) is 0 Å². The number of hydrogen-bond acceptors (Lipinski definition) is 3. The van der Waals surface area contributed by atoms with E-state index >= 15 is 0 Å². The van der Waals surface area contributed by atoms with Crippen molar-refractivity contribution in [3.63, 3.8) is 0 Å². The molecular formula is C9H14N2S. The van der Waals surface area contributed by atoms with Gasteiger partial charge in [-0.25, -0.2) is 4.98 Å². The molecule has 0 radical (unpaired) electrons. The van der Waals surface area contributed by atoms with Gasteiger partial charge in [-0.2, -0.15) is 0 Å². The Morgan fingerprint density at radius 3 is 3.08 bits per heavy atom. The van der Waals surface area contributed by atoms with Crippen LogP contribution in [0.25, 0.3) is 0 Å². The SMILES string of the molecule is C=CCNC(C)c1scnc1C. The molecule has 1 atom stereocenters. The summed E-state index contributed by atoms with van der Waals surface area (Å²) in [5, 5.41) is 3.33. The fourth-order valence-corrected chi connectivity index (χ4v) is 1.91. The van der Waals surface area contributed by atoms with E-state index in [1.807, 2.05) is 18.5 Å². The highest BCUT2D eigenvalue weighted by molar-refractivity contribution is 7.09. The van der Waals surface area contributed by atoms with Crippen LogP contribution in [-0.4, -0.2) is 11.5 Å². The lowest BCUT2D eigenvalue weighted by Crippen LogP contribution is -2.17. The maximum Gasteiger partial charge on any atom is 0.0798 e. The van der Waals surface area contributed by atoms with Crippen molar-refractivity contribution in [1.82, 2.24) is 10.3 Å². The van der Waals surface area contributed by atoms with Crippen LogP contribution in [0.3, 0.4) is 0 Å². The summed E-state index contributed by atoms with van der Waals surface area (Å²) < 4.78 is 0. The number of nitrogens with zero attached hydrogens (tertiary/aromatic N) is 1. The van der Waals surface area contributed by atoms with E-state index in [-0.39, 0.29) is 0 Å². The second-order valence-electron chi connectivity index (χ2n) is 2.72. The number of aromatic nitrogens is 1. The van der Waals surface area contributed by atoms with E-state index in [9.17, 15) is 0 Å². The molecule has 3 heteroatoms. The Balaban J connectivity index is 2.58. The Kier molecular flexibility index (Phi) is 3.44. The lowest BCUT2D eigenvalue weighted by molar-refractivity contribution is 0.623. The van der Waals surface area contributed by atoms with E-state index in [0.29, 0.717) is 6.04 Å². The van der Waals surface area contributed by atoms with Gasteiger partial charge < -0.3 is 5.32 Å². The van der Waals surface area contributed by atoms with E-state index < -0.39 is 0 Å². The molecule has 0 fully saturated rings. The number of thiazole rings is 1. The molecular weight excluding hydrogens is 168 g/mol. The highest BCUT2D eigenvalue weighted by atomic mass is 32.1. The van der Waals surface area contributed by atoms with Gasteiger partial charge in [0.1, 0.15) is 0 Å². The fourth-order valence-electron chi connectivity index (χ4n) is 1.08. The van der Waals surface area contributed by atoms with Crippen LogP contribution in [-0.2, 0) is 0 Å². The van der Waals surface area contributed by atoms with Crippen LogP contribution < -0.4 is 5.32 Å². The van der Waals surface area contributed by atoms with Gasteiger partial charge in [-0.1, -0.05) is 6.08 Å². The number of nitrogens with one attached hydrogen (secondary N) is 1. The Labute approximate surface area is 77.3 Å². The summed E-state index contributed by atoms with van der Waals surface area (Å²) in [7, 11) is 0. The first-order valence-electron chi connectivity index (χ1n) is 4.00. The van der Waals surface area contributed by atoms with Gasteiger partial charge in [0.15, 0.2) is 0 Å². The molecule has 1 rings (SSSR count). The van der Waals surface area contributed by atoms with Gasteiger partial charge in [0, 0.05) is 17.5 Å². The largest absolute Gasteiger partial charge is 0.306 e. The number of aryl methyl sites for hydroxylation is 1. The first-order chi connectivity index (χ1) is 5.75. The van der Waals surface area contributed by atoms with Crippen LogP contribution in [0.5, 0.6) is 0 Å². The quantitative estimate of drug-likeness (QED) is 0.723. The summed E-state index contributed by atoms with van der Waals surface area (Å²) in [5.41, 5.74) is 3.01. The lowest BCUT2D eigenvalue weighted by Gasteiger charge is -2.10. The fraction of sp³-hybridized carbons (Fsp3) is 0.444.